The van der Waals surface area contributed by atoms with E-state index in [9.17, 15) is 9.18 Å². The molecule has 0 spiro atoms. The normalized spacial score (nSPS) is 17.2. The molecule has 1 atom stereocenters. The van der Waals surface area contributed by atoms with Crippen molar-refractivity contribution in [2.75, 3.05) is 13.7 Å². The maximum atomic E-state index is 14.5. The van der Waals surface area contributed by atoms with Crippen LogP contribution in [-0.4, -0.2) is 46.7 Å². The van der Waals surface area contributed by atoms with Crippen molar-refractivity contribution in [3.05, 3.63) is 35.8 Å². The third-order valence-electron chi connectivity index (χ3n) is 4.81. The summed E-state index contributed by atoms with van der Waals surface area (Å²) >= 11 is 0. The van der Waals surface area contributed by atoms with Gasteiger partial charge in [-0.15, -0.1) is 0 Å². The fourth-order valence-electron chi connectivity index (χ4n) is 3.26. The second-order valence-electron chi connectivity index (χ2n) is 6.94. The van der Waals surface area contributed by atoms with Gasteiger partial charge < -0.3 is 10.1 Å². The summed E-state index contributed by atoms with van der Waals surface area (Å²) in [7, 11) is 1.51. The lowest BCUT2D eigenvalue weighted by Crippen LogP contribution is -2.41. The zero-order valence-corrected chi connectivity index (χ0v) is 15.4. The van der Waals surface area contributed by atoms with Crippen LogP contribution in [0.3, 0.4) is 0 Å². The van der Waals surface area contributed by atoms with E-state index >= 15 is 0 Å². The topological polar surface area (TPSA) is 70.2 Å². The van der Waals surface area contributed by atoms with Gasteiger partial charge in [-0.25, -0.2) is 4.39 Å². The molecule has 1 aliphatic heterocycles. The number of methoxy groups -OCH3 is 1. The number of carbonyl (C=O) groups excluding carboxylic acids is 1. The quantitative estimate of drug-likeness (QED) is 0.796. The maximum Gasteiger partial charge on any atom is 0.220 e. The van der Waals surface area contributed by atoms with Gasteiger partial charge in [0.05, 0.1) is 19.0 Å². The summed E-state index contributed by atoms with van der Waals surface area (Å²) in [4.78, 5) is 13.7. The number of hydrogen-bond donors (Lipinski definition) is 2. The fourth-order valence-corrected chi connectivity index (χ4v) is 3.26. The summed E-state index contributed by atoms with van der Waals surface area (Å²) in [6, 6.07) is 5.25. The highest BCUT2D eigenvalue weighted by Crippen LogP contribution is 2.28. The van der Waals surface area contributed by atoms with Crippen molar-refractivity contribution < 1.29 is 13.9 Å². The number of rotatable bonds is 7. The molecule has 2 N–H and O–H groups in total. The minimum absolute atomic E-state index is 0.114. The molecule has 140 valence electrons. The number of H-pyrrole nitrogens is 1. The molecule has 1 aliphatic rings. The van der Waals surface area contributed by atoms with Crippen LogP contribution < -0.4 is 10.1 Å². The highest BCUT2D eigenvalue weighted by atomic mass is 19.1. The van der Waals surface area contributed by atoms with E-state index in [2.05, 4.69) is 34.3 Å². The van der Waals surface area contributed by atoms with Crippen molar-refractivity contribution in [3.63, 3.8) is 0 Å². The molecule has 0 bridgehead atoms. The summed E-state index contributed by atoms with van der Waals surface area (Å²) in [5.74, 6) is 0.241. The average molecular weight is 360 g/mol. The SMILES string of the molecule is COc1ccc(-c2[nH]ncc2CN(C[C@H]2CCC(=O)N2)C(C)C)c(F)c1. The van der Waals surface area contributed by atoms with Crippen molar-refractivity contribution >= 4 is 5.91 Å². The molecule has 0 aliphatic carbocycles. The molecule has 1 amide bonds. The average Bonchev–Trinajstić information content (AvgIpc) is 3.23. The number of nitrogens with zero attached hydrogens (tertiary/aromatic N) is 2. The Kier molecular flexibility index (Phi) is 5.56. The Morgan fingerprint density at radius 2 is 2.23 bits per heavy atom. The number of ether oxygens (including phenoxy) is 1. The van der Waals surface area contributed by atoms with Crippen LogP contribution in [0.25, 0.3) is 11.3 Å². The van der Waals surface area contributed by atoms with E-state index in [1.165, 1.54) is 13.2 Å². The van der Waals surface area contributed by atoms with Crippen LogP contribution in [0, 0.1) is 5.82 Å². The predicted octanol–water partition coefficient (Wildman–Crippen LogP) is 2.71. The van der Waals surface area contributed by atoms with Gasteiger partial charge in [-0.05, 0) is 32.4 Å². The van der Waals surface area contributed by atoms with Gasteiger partial charge in [0.25, 0.3) is 0 Å². The molecule has 2 heterocycles. The lowest BCUT2D eigenvalue weighted by molar-refractivity contribution is -0.119. The molecule has 26 heavy (non-hydrogen) atoms. The van der Waals surface area contributed by atoms with E-state index < -0.39 is 0 Å². The number of nitrogens with one attached hydrogen (secondary N) is 2. The van der Waals surface area contributed by atoms with E-state index in [-0.39, 0.29) is 23.8 Å². The molecular formula is C19H25FN4O2. The minimum atomic E-state index is -0.353. The second-order valence-corrected chi connectivity index (χ2v) is 6.94. The van der Waals surface area contributed by atoms with Crippen LogP contribution in [0.5, 0.6) is 5.75 Å². The maximum absolute atomic E-state index is 14.5. The Labute approximate surface area is 152 Å². The van der Waals surface area contributed by atoms with Crippen LogP contribution in [-0.2, 0) is 11.3 Å². The molecule has 3 rings (SSSR count). The number of amides is 1. The number of aromatic amines is 1. The standard InChI is InChI=1S/C19H25FN4O2/c1-12(2)24(11-14-4-7-18(25)22-14)10-13-9-21-23-19(13)16-6-5-15(26-3)8-17(16)20/h5-6,8-9,12,14H,4,7,10-11H2,1-3H3,(H,21,23)(H,22,25)/t14-/m1/s1. The molecule has 1 aromatic carbocycles. The summed E-state index contributed by atoms with van der Waals surface area (Å²) in [6.07, 6.45) is 3.18. The van der Waals surface area contributed by atoms with E-state index in [0.717, 1.165) is 18.5 Å². The monoisotopic (exact) mass is 360 g/mol. The zero-order valence-electron chi connectivity index (χ0n) is 15.4. The van der Waals surface area contributed by atoms with Crippen LogP contribution >= 0.6 is 0 Å². The first-order chi connectivity index (χ1) is 12.5. The molecule has 7 heteroatoms. The van der Waals surface area contributed by atoms with Gasteiger partial charge in [-0.3, -0.25) is 14.8 Å². The fraction of sp³-hybridized carbons (Fsp3) is 0.474. The first-order valence-electron chi connectivity index (χ1n) is 8.87. The Bertz CT molecular complexity index is 775. The Balaban J connectivity index is 1.79. The molecule has 0 saturated carbocycles. The van der Waals surface area contributed by atoms with E-state index in [1.807, 2.05) is 0 Å². The Morgan fingerprint density at radius 1 is 1.42 bits per heavy atom. The largest absolute Gasteiger partial charge is 0.497 e. The first-order valence-corrected chi connectivity index (χ1v) is 8.87. The third-order valence-corrected chi connectivity index (χ3v) is 4.81. The van der Waals surface area contributed by atoms with Gasteiger partial charge >= 0.3 is 0 Å². The van der Waals surface area contributed by atoms with Gasteiger partial charge in [0.15, 0.2) is 0 Å². The summed E-state index contributed by atoms with van der Waals surface area (Å²) in [5.41, 5.74) is 2.06. The molecule has 1 saturated heterocycles. The van der Waals surface area contributed by atoms with E-state index in [1.54, 1.807) is 18.3 Å². The summed E-state index contributed by atoms with van der Waals surface area (Å²) in [6.45, 7) is 5.62. The third kappa shape index (κ3) is 4.04. The zero-order chi connectivity index (χ0) is 18.7. The van der Waals surface area contributed by atoms with E-state index in [4.69, 9.17) is 4.74 Å². The predicted molar refractivity (Wildman–Crippen MR) is 97.2 cm³/mol. The summed E-state index contributed by atoms with van der Waals surface area (Å²) < 4.78 is 19.5. The molecule has 0 unspecified atom stereocenters. The Hall–Kier alpha value is -2.41. The summed E-state index contributed by atoms with van der Waals surface area (Å²) in [5, 5.41) is 10.0. The van der Waals surface area contributed by atoms with Crippen molar-refractivity contribution in [2.24, 2.45) is 0 Å². The molecule has 2 aromatic rings. The van der Waals surface area contributed by atoms with Crippen LogP contribution in [0.1, 0.15) is 32.3 Å². The number of aromatic nitrogens is 2. The van der Waals surface area contributed by atoms with Crippen LogP contribution in [0.15, 0.2) is 24.4 Å². The highest BCUT2D eigenvalue weighted by molar-refractivity contribution is 5.78. The van der Waals surface area contributed by atoms with Crippen molar-refractivity contribution in [3.8, 4) is 17.0 Å². The van der Waals surface area contributed by atoms with Crippen molar-refractivity contribution in [2.45, 2.75) is 45.3 Å². The number of benzene rings is 1. The lowest BCUT2D eigenvalue weighted by atomic mass is 10.1. The second kappa shape index (κ2) is 7.86. The van der Waals surface area contributed by atoms with Gasteiger partial charge in [-0.2, -0.15) is 5.10 Å². The van der Waals surface area contributed by atoms with Gasteiger partial charge in [0, 0.05) is 48.8 Å². The minimum Gasteiger partial charge on any atom is -0.497 e. The highest BCUT2D eigenvalue weighted by Gasteiger charge is 2.25. The molecule has 1 fully saturated rings. The molecular weight excluding hydrogens is 335 g/mol. The molecule has 0 radical (unpaired) electrons. The molecule has 1 aromatic heterocycles. The number of halogens is 1. The van der Waals surface area contributed by atoms with Gasteiger partial charge in [0.1, 0.15) is 11.6 Å². The number of carbonyl (C=O) groups is 1. The number of hydrogen-bond acceptors (Lipinski definition) is 4. The molecule has 6 nitrogen and oxygen atoms in total. The van der Waals surface area contributed by atoms with Crippen LogP contribution in [0.4, 0.5) is 4.39 Å². The van der Waals surface area contributed by atoms with E-state index in [0.29, 0.717) is 30.0 Å². The smallest absolute Gasteiger partial charge is 0.220 e. The lowest BCUT2D eigenvalue weighted by Gasteiger charge is -2.29. The van der Waals surface area contributed by atoms with Crippen molar-refractivity contribution in [1.29, 1.82) is 0 Å². The van der Waals surface area contributed by atoms with Gasteiger partial charge in [0.2, 0.25) is 5.91 Å². The Morgan fingerprint density at radius 3 is 2.85 bits per heavy atom. The van der Waals surface area contributed by atoms with Gasteiger partial charge in [-0.1, -0.05) is 0 Å². The first kappa shape index (κ1) is 18.4. The van der Waals surface area contributed by atoms with Crippen LogP contribution in [0.2, 0.25) is 0 Å². The van der Waals surface area contributed by atoms with Crippen molar-refractivity contribution in [1.82, 2.24) is 20.4 Å².